The van der Waals surface area contributed by atoms with Crippen molar-refractivity contribution in [3.05, 3.63) is 94.1 Å². The lowest BCUT2D eigenvalue weighted by molar-refractivity contribution is -0.134. The molecule has 5 heteroatoms. The van der Waals surface area contributed by atoms with E-state index in [0.29, 0.717) is 23.3 Å². The molecule has 4 aromatic rings. The number of hydrogen-bond acceptors (Lipinski definition) is 3. The van der Waals surface area contributed by atoms with Crippen molar-refractivity contribution in [2.75, 3.05) is 0 Å². The van der Waals surface area contributed by atoms with Gasteiger partial charge < -0.3 is 9.30 Å². The van der Waals surface area contributed by atoms with Crippen LogP contribution in [0.5, 0.6) is 5.75 Å². The molecule has 0 spiro atoms. The fourth-order valence-corrected chi connectivity index (χ4v) is 4.06. The van der Waals surface area contributed by atoms with E-state index in [2.05, 4.69) is 20.5 Å². The van der Waals surface area contributed by atoms with E-state index >= 15 is 0 Å². The van der Waals surface area contributed by atoms with Gasteiger partial charge in [0.05, 0.1) is 11.1 Å². The van der Waals surface area contributed by atoms with Gasteiger partial charge in [-0.15, -0.1) is 0 Å². The maximum Gasteiger partial charge on any atom is 0.311 e. The molecule has 4 nitrogen and oxygen atoms in total. The van der Waals surface area contributed by atoms with Gasteiger partial charge in [-0.2, -0.15) is 0 Å². The Hall–Kier alpha value is -3.18. The number of ether oxygens (including phenoxy) is 1. The number of halogens is 1. The molecule has 0 saturated carbocycles. The Morgan fingerprint density at radius 3 is 2.35 bits per heavy atom. The van der Waals surface area contributed by atoms with Crippen molar-refractivity contribution in [3.63, 3.8) is 0 Å². The van der Waals surface area contributed by atoms with Crippen molar-refractivity contribution in [3.8, 4) is 11.4 Å². The molecular weight excluding hydrogens is 454 g/mol. The van der Waals surface area contributed by atoms with Crippen LogP contribution in [-0.4, -0.2) is 16.3 Å². The Morgan fingerprint density at radius 2 is 1.68 bits per heavy atom. The molecule has 0 fully saturated rings. The summed E-state index contributed by atoms with van der Waals surface area (Å²) in [5.41, 5.74) is 3.90. The number of aromatic nitrogens is 1. The number of nitrogens with zero attached hydrogens (tertiary/aromatic N) is 1. The second-order valence-electron chi connectivity index (χ2n) is 7.37. The van der Waals surface area contributed by atoms with Crippen molar-refractivity contribution >= 4 is 38.6 Å². The van der Waals surface area contributed by atoms with Crippen molar-refractivity contribution in [1.29, 1.82) is 0 Å². The van der Waals surface area contributed by atoms with Crippen LogP contribution in [0.3, 0.4) is 0 Å². The molecule has 3 aromatic carbocycles. The first-order valence-electron chi connectivity index (χ1n) is 10.2. The first-order valence-corrected chi connectivity index (χ1v) is 11.0. The summed E-state index contributed by atoms with van der Waals surface area (Å²) in [6.07, 6.45) is 1.07. The Bertz CT molecular complexity index is 1260. The van der Waals surface area contributed by atoms with Gasteiger partial charge in [0, 0.05) is 33.2 Å². The van der Waals surface area contributed by atoms with Crippen LogP contribution < -0.4 is 4.74 Å². The van der Waals surface area contributed by atoms with Gasteiger partial charge >= 0.3 is 5.97 Å². The highest BCUT2D eigenvalue weighted by Crippen LogP contribution is 2.34. The molecule has 0 N–H and O–H groups in total. The molecule has 0 bridgehead atoms. The number of rotatable bonds is 6. The van der Waals surface area contributed by atoms with Gasteiger partial charge in [-0.05, 0) is 55.8 Å². The van der Waals surface area contributed by atoms with E-state index in [4.69, 9.17) is 4.74 Å². The predicted octanol–water partition coefficient (Wildman–Crippen LogP) is 6.64. The molecule has 1 aromatic heterocycles. The van der Waals surface area contributed by atoms with Crippen LogP contribution in [0.4, 0.5) is 0 Å². The molecule has 0 unspecified atom stereocenters. The summed E-state index contributed by atoms with van der Waals surface area (Å²) >= 11 is 3.48. The molecule has 0 aliphatic carbocycles. The molecule has 1 heterocycles. The van der Waals surface area contributed by atoms with Crippen LogP contribution in [-0.2, 0) is 4.79 Å². The summed E-state index contributed by atoms with van der Waals surface area (Å²) in [6.45, 7) is 3.88. The van der Waals surface area contributed by atoms with Gasteiger partial charge in [-0.1, -0.05) is 53.2 Å². The molecule has 4 rings (SSSR count). The molecule has 156 valence electrons. The largest absolute Gasteiger partial charge is 0.427 e. The number of benzene rings is 3. The SMILES string of the molecule is CCCC(=O)Oc1ccc2c(c1)c(C(=O)c1ccccc1)c(C)n2-c1ccc(Br)cc1. The third kappa shape index (κ3) is 4.19. The van der Waals surface area contributed by atoms with Gasteiger partial charge in [-0.25, -0.2) is 0 Å². The fourth-order valence-electron chi connectivity index (χ4n) is 3.79. The summed E-state index contributed by atoms with van der Waals surface area (Å²) in [5.74, 6) is 0.110. The van der Waals surface area contributed by atoms with Crippen LogP contribution >= 0.6 is 15.9 Å². The molecule has 0 saturated heterocycles. The molecule has 0 aliphatic heterocycles. The monoisotopic (exact) mass is 475 g/mol. The number of carbonyl (C=O) groups excluding carboxylic acids is 2. The van der Waals surface area contributed by atoms with Gasteiger partial charge in [0.15, 0.2) is 5.78 Å². The highest BCUT2D eigenvalue weighted by Gasteiger charge is 2.22. The maximum absolute atomic E-state index is 13.5. The summed E-state index contributed by atoms with van der Waals surface area (Å²) in [6, 6.07) is 22.7. The first kappa shape index (κ1) is 21.1. The Labute approximate surface area is 189 Å². The van der Waals surface area contributed by atoms with Crippen molar-refractivity contribution in [1.82, 2.24) is 4.57 Å². The minimum atomic E-state index is -0.276. The zero-order chi connectivity index (χ0) is 22.0. The van der Waals surface area contributed by atoms with Crippen molar-refractivity contribution < 1.29 is 14.3 Å². The van der Waals surface area contributed by atoms with Crippen LogP contribution in [0.1, 0.15) is 41.4 Å². The number of ketones is 1. The smallest absolute Gasteiger partial charge is 0.311 e. The second kappa shape index (κ2) is 8.90. The first-order chi connectivity index (χ1) is 15.0. The zero-order valence-electron chi connectivity index (χ0n) is 17.4. The minimum Gasteiger partial charge on any atom is -0.427 e. The lowest BCUT2D eigenvalue weighted by Gasteiger charge is -2.09. The van der Waals surface area contributed by atoms with E-state index in [0.717, 1.165) is 33.2 Å². The van der Waals surface area contributed by atoms with E-state index in [9.17, 15) is 9.59 Å². The number of carbonyl (C=O) groups is 2. The second-order valence-corrected chi connectivity index (χ2v) is 8.29. The van der Waals surface area contributed by atoms with E-state index in [1.54, 1.807) is 12.1 Å². The molecule has 0 amide bonds. The van der Waals surface area contributed by atoms with Crippen LogP contribution in [0.15, 0.2) is 77.3 Å². The van der Waals surface area contributed by atoms with Crippen molar-refractivity contribution in [2.24, 2.45) is 0 Å². The fraction of sp³-hybridized carbons (Fsp3) is 0.154. The zero-order valence-corrected chi connectivity index (χ0v) is 19.0. The van der Waals surface area contributed by atoms with Gasteiger partial charge in [0.1, 0.15) is 5.75 Å². The molecular formula is C26H22BrNO3. The quantitative estimate of drug-likeness (QED) is 0.178. The molecule has 0 aliphatic rings. The summed E-state index contributed by atoms with van der Waals surface area (Å²) in [7, 11) is 0. The highest BCUT2D eigenvalue weighted by atomic mass is 79.9. The predicted molar refractivity (Wildman–Crippen MR) is 126 cm³/mol. The van der Waals surface area contributed by atoms with E-state index in [1.807, 2.05) is 74.5 Å². The van der Waals surface area contributed by atoms with Crippen LogP contribution in [0, 0.1) is 6.92 Å². The molecule has 31 heavy (non-hydrogen) atoms. The van der Waals surface area contributed by atoms with Crippen molar-refractivity contribution in [2.45, 2.75) is 26.7 Å². The summed E-state index contributed by atoms with van der Waals surface area (Å²) in [5, 5.41) is 0.760. The van der Waals surface area contributed by atoms with Crippen LogP contribution in [0.2, 0.25) is 0 Å². The standard InChI is InChI=1S/C26H22BrNO3/c1-3-7-24(29)31-21-14-15-23-22(16-21)25(26(30)18-8-5-4-6-9-18)17(2)28(23)20-12-10-19(27)11-13-20/h4-6,8-16H,3,7H2,1-2H3. The summed E-state index contributed by atoms with van der Waals surface area (Å²) < 4.78 is 8.56. The topological polar surface area (TPSA) is 48.3 Å². The minimum absolute atomic E-state index is 0.0593. The van der Waals surface area contributed by atoms with Crippen LogP contribution in [0.25, 0.3) is 16.6 Å². The lowest BCUT2D eigenvalue weighted by atomic mass is 10.0. The Morgan fingerprint density at radius 1 is 0.968 bits per heavy atom. The number of esters is 1. The number of fused-ring (bicyclic) bond motifs is 1. The molecule has 0 atom stereocenters. The van der Waals surface area contributed by atoms with E-state index in [1.165, 1.54) is 0 Å². The average Bonchev–Trinajstić information content (AvgIpc) is 3.05. The molecule has 0 radical (unpaired) electrons. The lowest BCUT2D eigenvalue weighted by Crippen LogP contribution is -2.07. The maximum atomic E-state index is 13.5. The highest BCUT2D eigenvalue weighted by molar-refractivity contribution is 9.10. The Balaban J connectivity index is 1.92. The van der Waals surface area contributed by atoms with E-state index < -0.39 is 0 Å². The average molecular weight is 476 g/mol. The van der Waals surface area contributed by atoms with Gasteiger partial charge in [0.2, 0.25) is 0 Å². The van der Waals surface area contributed by atoms with E-state index in [-0.39, 0.29) is 11.8 Å². The number of hydrogen-bond donors (Lipinski definition) is 0. The van der Waals surface area contributed by atoms with Gasteiger partial charge in [0.25, 0.3) is 0 Å². The Kier molecular flexibility index (Phi) is 6.05. The van der Waals surface area contributed by atoms with Gasteiger partial charge in [-0.3, -0.25) is 9.59 Å². The third-order valence-electron chi connectivity index (χ3n) is 5.21. The third-order valence-corrected chi connectivity index (χ3v) is 5.74. The summed E-state index contributed by atoms with van der Waals surface area (Å²) in [4.78, 5) is 25.5. The normalized spacial score (nSPS) is 10.9.